The minimum Gasteiger partial charge on any atom is -0.436 e. The zero-order valence-corrected chi connectivity index (χ0v) is 16.1. The second-order valence-electron chi connectivity index (χ2n) is 6.99. The van der Waals surface area contributed by atoms with Crippen molar-refractivity contribution in [3.8, 4) is 17.5 Å². The molecule has 0 fully saturated rings. The van der Waals surface area contributed by atoms with Crippen molar-refractivity contribution in [2.75, 3.05) is 5.32 Å². The summed E-state index contributed by atoms with van der Waals surface area (Å²) < 4.78 is 20.1. The van der Waals surface area contributed by atoms with E-state index in [1.165, 1.54) is 12.1 Å². The molecule has 1 amide bonds. The summed E-state index contributed by atoms with van der Waals surface area (Å²) in [5, 5.41) is 13.6. The van der Waals surface area contributed by atoms with Gasteiger partial charge in [0.2, 0.25) is 5.89 Å². The smallest absolute Gasteiger partial charge is 0.258 e. The number of carbonyl (C=O) groups is 1. The third kappa shape index (κ3) is 3.38. The van der Waals surface area contributed by atoms with Crippen LogP contribution in [0.3, 0.4) is 0 Å². The maximum atomic E-state index is 14.1. The molecule has 0 aliphatic rings. The standard InChI is InChI=1S/C25H14FN3O2/c26-21-12-15(14-27)8-10-20(21)24(30)28-17-9-11-23-22(13-17)29-25(31-23)19-7-3-5-16-4-1-2-6-18(16)19/h1-13H,(H,28,30). The van der Waals surface area contributed by atoms with Crippen molar-refractivity contribution in [2.45, 2.75) is 0 Å². The molecule has 5 rings (SSSR count). The Morgan fingerprint density at radius 2 is 1.84 bits per heavy atom. The van der Waals surface area contributed by atoms with E-state index < -0.39 is 11.7 Å². The van der Waals surface area contributed by atoms with E-state index in [-0.39, 0.29) is 11.1 Å². The number of hydrogen-bond acceptors (Lipinski definition) is 4. The van der Waals surface area contributed by atoms with Gasteiger partial charge in [0.05, 0.1) is 17.2 Å². The third-order valence-electron chi connectivity index (χ3n) is 5.01. The predicted octanol–water partition coefficient (Wildman–Crippen LogP) is 5.91. The van der Waals surface area contributed by atoms with Gasteiger partial charge in [-0.1, -0.05) is 36.4 Å². The molecule has 0 spiro atoms. The van der Waals surface area contributed by atoms with Gasteiger partial charge in [-0.15, -0.1) is 0 Å². The number of aromatic nitrogens is 1. The van der Waals surface area contributed by atoms with Crippen LogP contribution in [0.2, 0.25) is 0 Å². The zero-order valence-electron chi connectivity index (χ0n) is 16.1. The molecule has 0 saturated heterocycles. The van der Waals surface area contributed by atoms with Crippen LogP contribution in [-0.2, 0) is 0 Å². The zero-order chi connectivity index (χ0) is 21.4. The molecule has 0 atom stereocenters. The minimum atomic E-state index is -0.752. The van der Waals surface area contributed by atoms with Crippen molar-refractivity contribution in [1.82, 2.24) is 4.98 Å². The summed E-state index contributed by atoms with van der Waals surface area (Å²) in [5.74, 6) is -0.884. The average molecular weight is 407 g/mol. The Bertz CT molecular complexity index is 1510. The van der Waals surface area contributed by atoms with Crippen LogP contribution in [0.25, 0.3) is 33.3 Å². The van der Waals surface area contributed by atoms with Crippen LogP contribution in [-0.4, -0.2) is 10.9 Å². The molecule has 0 aliphatic carbocycles. The van der Waals surface area contributed by atoms with E-state index in [1.54, 1.807) is 18.2 Å². The van der Waals surface area contributed by atoms with Gasteiger partial charge in [0.1, 0.15) is 11.3 Å². The van der Waals surface area contributed by atoms with Gasteiger partial charge >= 0.3 is 0 Å². The topological polar surface area (TPSA) is 78.9 Å². The Morgan fingerprint density at radius 1 is 1.00 bits per heavy atom. The molecule has 4 aromatic carbocycles. The lowest BCUT2D eigenvalue weighted by molar-refractivity contribution is 0.102. The van der Waals surface area contributed by atoms with E-state index in [0.29, 0.717) is 22.7 Å². The molecule has 0 radical (unpaired) electrons. The Balaban J connectivity index is 1.47. The summed E-state index contributed by atoms with van der Waals surface area (Å²) in [5.41, 5.74) is 2.49. The molecule has 0 saturated carbocycles. The molecule has 0 unspecified atom stereocenters. The Kier molecular flexibility index (Phi) is 4.42. The molecule has 5 nitrogen and oxygen atoms in total. The number of anilines is 1. The number of oxazole rings is 1. The molecule has 1 N–H and O–H groups in total. The van der Waals surface area contributed by atoms with Gasteiger partial charge in [-0.3, -0.25) is 4.79 Å². The van der Waals surface area contributed by atoms with Crippen molar-refractivity contribution >= 4 is 33.5 Å². The van der Waals surface area contributed by atoms with Crippen molar-refractivity contribution in [3.63, 3.8) is 0 Å². The van der Waals surface area contributed by atoms with E-state index in [9.17, 15) is 9.18 Å². The monoisotopic (exact) mass is 407 g/mol. The van der Waals surface area contributed by atoms with Crippen molar-refractivity contribution < 1.29 is 13.6 Å². The van der Waals surface area contributed by atoms with Gasteiger partial charge in [-0.2, -0.15) is 5.26 Å². The van der Waals surface area contributed by atoms with Gasteiger partial charge < -0.3 is 9.73 Å². The highest BCUT2D eigenvalue weighted by Crippen LogP contribution is 2.31. The quantitative estimate of drug-likeness (QED) is 0.403. The summed E-state index contributed by atoms with van der Waals surface area (Å²) >= 11 is 0. The number of benzene rings is 4. The van der Waals surface area contributed by atoms with Gasteiger partial charge in [0.15, 0.2) is 5.58 Å². The van der Waals surface area contributed by atoms with Crippen molar-refractivity contribution in [2.24, 2.45) is 0 Å². The van der Waals surface area contributed by atoms with E-state index in [0.717, 1.165) is 22.4 Å². The SMILES string of the molecule is N#Cc1ccc(C(=O)Nc2ccc3oc(-c4cccc5ccccc45)nc3c2)c(F)c1. The number of hydrogen-bond donors (Lipinski definition) is 1. The Hall–Kier alpha value is -4.50. The predicted molar refractivity (Wildman–Crippen MR) is 116 cm³/mol. The summed E-state index contributed by atoms with van der Waals surface area (Å²) in [6.07, 6.45) is 0. The molecule has 5 aromatic rings. The van der Waals surface area contributed by atoms with Crippen molar-refractivity contribution in [1.29, 1.82) is 5.26 Å². The van der Waals surface area contributed by atoms with Gasteiger partial charge in [0.25, 0.3) is 5.91 Å². The molecule has 31 heavy (non-hydrogen) atoms. The maximum Gasteiger partial charge on any atom is 0.258 e. The van der Waals surface area contributed by atoms with Gasteiger partial charge in [-0.25, -0.2) is 9.37 Å². The molecule has 0 bridgehead atoms. The van der Waals surface area contributed by atoms with Gasteiger partial charge in [0, 0.05) is 11.3 Å². The largest absolute Gasteiger partial charge is 0.436 e. The Morgan fingerprint density at radius 3 is 2.68 bits per heavy atom. The number of fused-ring (bicyclic) bond motifs is 2. The first-order valence-corrected chi connectivity index (χ1v) is 9.52. The second-order valence-corrected chi connectivity index (χ2v) is 6.99. The normalized spacial score (nSPS) is 10.8. The van der Waals surface area contributed by atoms with E-state index in [2.05, 4.69) is 10.3 Å². The lowest BCUT2D eigenvalue weighted by Gasteiger charge is -2.06. The number of rotatable bonds is 3. The van der Waals surface area contributed by atoms with Crippen LogP contribution in [0.1, 0.15) is 15.9 Å². The first kappa shape index (κ1) is 18.5. The van der Waals surface area contributed by atoms with Crippen LogP contribution < -0.4 is 5.32 Å². The van der Waals surface area contributed by atoms with E-state index in [4.69, 9.17) is 9.68 Å². The molecular weight excluding hydrogens is 393 g/mol. The van der Waals surface area contributed by atoms with Crippen LogP contribution in [0.15, 0.2) is 83.3 Å². The summed E-state index contributed by atoms with van der Waals surface area (Å²) in [7, 11) is 0. The second kappa shape index (κ2) is 7.39. The highest BCUT2D eigenvalue weighted by molar-refractivity contribution is 6.05. The number of nitrogens with one attached hydrogen (secondary N) is 1. The number of nitrogens with zero attached hydrogens (tertiary/aromatic N) is 2. The fourth-order valence-corrected chi connectivity index (χ4v) is 3.50. The maximum absolute atomic E-state index is 14.1. The summed E-state index contributed by atoms with van der Waals surface area (Å²) in [6.45, 7) is 0. The molecule has 1 heterocycles. The number of nitriles is 1. The van der Waals surface area contributed by atoms with E-state index in [1.807, 2.05) is 48.5 Å². The lowest BCUT2D eigenvalue weighted by atomic mass is 10.0. The first-order chi connectivity index (χ1) is 15.1. The molecule has 1 aromatic heterocycles. The minimum absolute atomic E-state index is 0.143. The first-order valence-electron chi connectivity index (χ1n) is 9.52. The van der Waals surface area contributed by atoms with Crippen LogP contribution >= 0.6 is 0 Å². The fourth-order valence-electron chi connectivity index (χ4n) is 3.50. The number of amides is 1. The third-order valence-corrected chi connectivity index (χ3v) is 5.01. The average Bonchev–Trinajstić information content (AvgIpc) is 3.21. The highest BCUT2D eigenvalue weighted by Gasteiger charge is 2.15. The van der Waals surface area contributed by atoms with E-state index >= 15 is 0 Å². The Labute approximate surface area is 176 Å². The van der Waals surface area contributed by atoms with Crippen molar-refractivity contribution in [3.05, 3.63) is 95.8 Å². The molecule has 148 valence electrons. The van der Waals surface area contributed by atoms with Crippen LogP contribution in [0, 0.1) is 17.1 Å². The molecular formula is C25H14FN3O2. The number of carbonyl (C=O) groups excluding carboxylic acids is 1. The summed E-state index contributed by atoms with van der Waals surface area (Å²) in [6, 6.07) is 24.5. The van der Waals surface area contributed by atoms with Gasteiger partial charge in [-0.05, 0) is 53.2 Å². The van der Waals surface area contributed by atoms with Crippen LogP contribution in [0.4, 0.5) is 10.1 Å². The highest BCUT2D eigenvalue weighted by atomic mass is 19.1. The number of halogens is 1. The fraction of sp³-hybridized carbons (Fsp3) is 0. The molecule has 6 heteroatoms. The van der Waals surface area contributed by atoms with Crippen LogP contribution in [0.5, 0.6) is 0 Å². The molecule has 0 aliphatic heterocycles. The lowest BCUT2D eigenvalue weighted by Crippen LogP contribution is -2.13. The summed E-state index contributed by atoms with van der Waals surface area (Å²) in [4.78, 5) is 17.1.